The van der Waals surface area contributed by atoms with E-state index in [1.165, 1.54) is 50.9 Å². The van der Waals surface area contributed by atoms with Crippen LogP contribution in [0.25, 0.3) is 0 Å². The quantitative estimate of drug-likeness (QED) is 0.776. The average molecular weight is 246 g/mol. The van der Waals surface area contributed by atoms with Gasteiger partial charge in [0.2, 0.25) is 0 Å². The summed E-state index contributed by atoms with van der Waals surface area (Å²) in [6.45, 7) is 6.06. The molecule has 1 aliphatic rings. The van der Waals surface area contributed by atoms with Crippen LogP contribution in [0, 0.1) is 0 Å². The minimum atomic E-state index is 1.10. The summed E-state index contributed by atoms with van der Waals surface area (Å²) < 4.78 is 0. The molecule has 2 heteroatoms. The molecule has 2 rings (SSSR count). The number of benzene rings is 1. The molecular formula is C16H26N2. The predicted molar refractivity (Wildman–Crippen MR) is 77.9 cm³/mol. The van der Waals surface area contributed by atoms with Gasteiger partial charge in [-0.3, -0.25) is 0 Å². The molecule has 0 spiro atoms. The van der Waals surface area contributed by atoms with Gasteiger partial charge in [0.1, 0.15) is 0 Å². The van der Waals surface area contributed by atoms with Crippen LogP contribution in [0.4, 0.5) is 0 Å². The highest BCUT2D eigenvalue weighted by atomic mass is 15.1. The number of likely N-dealkylation sites (tertiary alicyclic amines) is 1. The maximum absolute atomic E-state index is 3.56. The van der Waals surface area contributed by atoms with E-state index in [-0.39, 0.29) is 0 Å². The molecule has 0 unspecified atom stereocenters. The molecule has 0 aliphatic carbocycles. The minimum Gasteiger partial charge on any atom is -0.315 e. The first-order valence-electron chi connectivity index (χ1n) is 7.42. The Labute approximate surface area is 111 Å². The molecule has 0 saturated carbocycles. The number of hydrogen-bond acceptors (Lipinski definition) is 2. The highest BCUT2D eigenvalue weighted by Gasteiger charge is 2.07. The monoisotopic (exact) mass is 246 g/mol. The second kappa shape index (κ2) is 8.28. The van der Waals surface area contributed by atoms with Crippen LogP contribution in [0.15, 0.2) is 30.3 Å². The van der Waals surface area contributed by atoms with E-state index < -0.39 is 0 Å². The van der Waals surface area contributed by atoms with Crippen molar-refractivity contribution in [3.63, 3.8) is 0 Å². The van der Waals surface area contributed by atoms with Crippen molar-refractivity contribution in [2.45, 2.75) is 32.1 Å². The number of rotatable bonds is 6. The van der Waals surface area contributed by atoms with Crippen molar-refractivity contribution >= 4 is 0 Å². The van der Waals surface area contributed by atoms with Gasteiger partial charge in [0.05, 0.1) is 0 Å². The third-order valence-electron chi connectivity index (χ3n) is 3.74. The Bertz CT molecular complexity index is 302. The molecule has 1 aromatic carbocycles. The Balaban J connectivity index is 1.53. The molecular weight excluding hydrogens is 220 g/mol. The normalized spacial score (nSPS) is 17.6. The maximum Gasteiger partial charge on any atom is 0.0107 e. The first-order valence-corrected chi connectivity index (χ1v) is 7.42. The molecule has 0 bridgehead atoms. The Morgan fingerprint density at radius 3 is 2.33 bits per heavy atom. The van der Waals surface area contributed by atoms with Crippen LogP contribution < -0.4 is 5.32 Å². The molecule has 1 aliphatic heterocycles. The van der Waals surface area contributed by atoms with Gasteiger partial charge in [0.25, 0.3) is 0 Å². The van der Waals surface area contributed by atoms with Crippen LogP contribution >= 0.6 is 0 Å². The van der Waals surface area contributed by atoms with Crippen LogP contribution in [0.1, 0.15) is 31.2 Å². The van der Waals surface area contributed by atoms with E-state index >= 15 is 0 Å². The van der Waals surface area contributed by atoms with Crippen molar-refractivity contribution in [3.8, 4) is 0 Å². The lowest BCUT2D eigenvalue weighted by atomic mass is 10.1. The smallest absolute Gasteiger partial charge is 0.0107 e. The van der Waals surface area contributed by atoms with E-state index in [0.717, 1.165) is 19.5 Å². The second-order valence-electron chi connectivity index (χ2n) is 5.24. The van der Waals surface area contributed by atoms with Crippen LogP contribution in [0.2, 0.25) is 0 Å². The van der Waals surface area contributed by atoms with Gasteiger partial charge >= 0.3 is 0 Å². The number of nitrogens with one attached hydrogen (secondary N) is 1. The topological polar surface area (TPSA) is 15.3 Å². The molecule has 1 saturated heterocycles. The van der Waals surface area contributed by atoms with E-state index in [9.17, 15) is 0 Å². The van der Waals surface area contributed by atoms with Crippen LogP contribution in [-0.4, -0.2) is 37.6 Å². The summed E-state index contributed by atoms with van der Waals surface area (Å²) in [5.41, 5.74) is 1.43. The molecule has 1 aromatic rings. The summed E-state index contributed by atoms with van der Waals surface area (Å²) in [6, 6.07) is 10.7. The SMILES string of the molecule is c1ccc(CCNCCN2CCCCCC2)cc1. The van der Waals surface area contributed by atoms with Crippen LogP contribution in [0.3, 0.4) is 0 Å². The van der Waals surface area contributed by atoms with Gasteiger partial charge in [-0.05, 0) is 44.5 Å². The number of nitrogens with zero attached hydrogens (tertiary/aromatic N) is 1. The summed E-state index contributed by atoms with van der Waals surface area (Å²) >= 11 is 0. The fraction of sp³-hybridized carbons (Fsp3) is 0.625. The summed E-state index contributed by atoms with van der Waals surface area (Å²) in [4.78, 5) is 2.61. The molecule has 100 valence electrons. The van der Waals surface area contributed by atoms with Crippen molar-refractivity contribution < 1.29 is 0 Å². The largest absolute Gasteiger partial charge is 0.315 e. The fourth-order valence-electron chi connectivity index (χ4n) is 2.60. The standard InChI is InChI=1S/C16H26N2/c1-2-7-14-18(13-6-1)15-12-17-11-10-16-8-4-3-5-9-16/h3-5,8-9,17H,1-2,6-7,10-15H2. The fourth-order valence-corrected chi connectivity index (χ4v) is 2.60. The minimum absolute atomic E-state index is 1.10. The van der Waals surface area contributed by atoms with Crippen molar-refractivity contribution in [1.29, 1.82) is 0 Å². The predicted octanol–water partition coefficient (Wildman–Crippen LogP) is 2.69. The Morgan fingerprint density at radius 2 is 1.61 bits per heavy atom. The van der Waals surface area contributed by atoms with E-state index in [1.807, 2.05) is 0 Å². The summed E-state index contributed by atoms with van der Waals surface area (Å²) in [5, 5.41) is 3.56. The zero-order valence-corrected chi connectivity index (χ0v) is 11.4. The maximum atomic E-state index is 3.56. The highest BCUT2D eigenvalue weighted by Crippen LogP contribution is 2.08. The average Bonchev–Trinajstić information content (AvgIpc) is 2.68. The van der Waals surface area contributed by atoms with Crippen LogP contribution in [-0.2, 0) is 6.42 Å². The Hall–Kier alpha value is -0.860. The van der Waals surface area contributed by atoms with Crippen molar-refractivity contribution in [2.24, 2.45) is 0 Å². The Kier molecular flexibility index (Phi) is 6.24. The van der Waals surface area contributed by atoms with Crippen molar-refractivity contribution in [1.82, 2.24) is 10.2 Å². The zero-order chi connectivity index (χ0) is 12.5. The summed E-state index contributed by atoms with van der Waals surface area (Å²) in [5.74, 6) is 0. The van der Waals surface area contributed by atoms with Crippen LogP contribution in [0.5, 0.6) is 0 Å². The molecule has 0 amide bonds. The third-order valence-corrected chi connectivity index (χ3v) is 3.74. The summed E-state index contributed by atoms with van der Waals surface area (Å²) in [6.07, 6.45) is 6.78. The van der Waals surface area contributed by atoms with Gasteiger partial charge in [-0.1, -0.05) is 43.2 Å². The first kappa shape index (κ1) is 13.6. The van der Waals surface area contributed by atoms with Gasteiger partial charge in [-0.15, -0.1) is 0 Å². The Morgan fingerprint density at radius 1 is 0.889 bits per heavy atom. The third kappa shape index (κ3) is 5.19. The molecule has 1 heterocycles. The first-order chi connectivity index (χ1) is 8.95. The van der Waals surface area contributed by atoms with Crippen molar-refractivity contribution in [3.05, 3.63) is 35.9 Å². The molecule has 1 N–H and O–H groups in total. The van der Waals surface area contributed by atoms with Gasteiger partial charge in [-0.25, -0.2) is 0 Å². The van der Waals surface area contributed by atoms with Gasteiger partial charge in [-0.2, -0.15) is 0 Å². The lowest BCUT2D eigenvalue weighted by Crippen LogP contribution is -2.33. The van der Waals surface area contributed by atoms with Crippen molar-refractivity contribution in [2.75, 3.05) is 32.7 Å². The van der Waals surface area contributed by atoms with E-state index in [4.69, 9.17) is 0 Å². The van der Waals surface area contributed by atoms with Gasteiger partial charge < -0.3 is 10.2 Å². The lowest BCUT2D eigenvalue weighted by Gasteiger charge is -2.19. The molecule has 0 atom stereocenters. The molecule has 0 aromatic heterocycles. The van der Waals surface area contributed by atoms with E-state index in [2.05, 4.69) is 40.5 Å². The molecule has 1 fully saturated rings. The molecule has 18 heavy (non-hydrogen) atoms. The number of hydrogen-bond donors (Lipinski definition) is 1. The van der Waals surface area contributed by atoms with Gasteiger partial charge in [0, 0.05) is 13.1 Å². The van der Waals surface area contributed by atoms with Gasteiger partial charge in [0.15, 0.2) is 0 Å². The van der Waals surface area contributed by atoms with E-state index in [0.29, 0.717) is 0 Å². The highest BCUT2D eigenvalue weighted by molar-refractivity contribution is 5.14. The summed E-state index contributed by atoms with van der Waals surface area (Å²) in [7, 11) is 0. The van der Waals surface area contributed by atoms with E-state index in [1.54, 1.807) is 0 Å². The molecule has 2 nitrogen and oxygen atoms in total. The lowest BCUT2D eigenvalue weighted by molar-refractivity contribution is 0.284. The second-order valence-corrected chi connectivity index (χ2v) is 5.24. The zero-order valence-electron chi connectivity index (χ0n) is 11.4. The molecule has 0 radical (unpaired) electrons.